The molecule has 3 aliphatic heterocycles. The molecule has 0 aromatic heterocycles. The number of benzene rings is 10. The second-order valence-electron chi connectivity index (χ2n) is 26.3. The first-order valence-electron chi connectivity index (χ1n) is 36.9. The molecule has 3 aliphatic rings. The largest absolute Gasteiger partial charge is 0.459 e. The second kappa shape index (κ2) is 39.9. The lowest BCUT2D eigenvalue weighted by molar-refractivity contribution is -0.473. The third-order valence-electron chi connectivity index (χ3n) is 18.4. The third kappa shape index (κ3) is 21.0. The van der Waals surface area contributed by atoms with Crippen molar-refractivity contribution >= 4 is 59.7 Å². The summed E-state index contributed by atoms with van der Waals surface area (Å²) in [7, 11) is 0. The van der Waals surface area contributed by atoms with Gasteiger partial charge in [0.2, 0.25) is 6.23 Å². The summed E-state index contributed by atoms with van der Waals surface area (Å²) in [6.45, 7) is 0.650. The van der Waals surface area contributed by atoms with Crippen molar-refractivity contribution in [2.45, 2.75) is 86.0 Å². The molecule has 117 heavy (non-hydrogen) atoms. The minimum absolute atomic E-state index is 0.00331. The monoisotopic (exact) mass is 1590 g/mol. The van der Waals surface area contributed by atoms with Crippen molar-refractivity contribution in [3.05, 3.63) is 372 Å². The van der Waals surface area contributed by atoms with E-state index in [2.05, 4.69) is 6.58 Å². The zero-order valence-corrected chi connectivity index (χ0v) is 62.1. The Labute approximate surface area is 669 Å². The SMILES string of the molecule is C=CCON1O[C@H](CO[C@@H]2O[C@H](CO[C@@H]3O[C@H](COC(=O)c4ccccc4)[C@@H](OC(=O)c4ccccc4)[C@H](OC(=O)c4ccccc4)[C@H]3OC(=O)c3ccccc3)[C@@H](OC(=O)c3ccccc3)[C@H](OC(=O)c3ccccc3)[C@H]2OC(=O)c2ccccc2)[C@@H](OC(=O)c2ccccc2)[C@H](OC(=O)c2ccccc2)[C@H]1OC(=O)c1ccccc1. The van der Waals surface area contributed by atoms with E-state index in [9.17, 15) is 33.6 Å². The van der Waals surface area contributed by atoms with Gasteiger partial charge in [0.25, 0.3) is 0 Å². The number of nitrogens with zero attached hydrogens (tertiary/aromatic N) is 1. The van der Waals surface area contributed by atoms with Gasteiger partial charge in [-0.3, -0.25) is 9.68 Å². The van der Waals surface area contributed by atoms with Gasteiger partial charge in [-0.1, -0.05) is 188 Å². The summed E-state index contributed by atoms with van der Waals surface area (Å²) in [5, 5.41) is 0.680. The molecule has 596 valence electrons. The normalized spacial score (nSPS) is 22.2. The second-order valence-corrected chi connectivity index (χ2v) is 26.3. The molecule has 0 bridgehead atoms. The fourth-order valence-electron chi connectivity index (χ4n) is 12.7. The van der Waals surface area contributed by atoms with Crippen LogP contribution < -0.4 is 0 Å². The van der Waals surface area contributed by atoms with Crippen molar-refractivity contribution in [1.82, 2.24) is 5.23 Å². The summed E-state index contributed by atoms with van der Waals surface area (Å²) in [6, 6.07) is 76.1. The van der Waals surface area contributed by atoms with Crippen LogP contribution >= 0.6 is 0 Å². The number of ether oxygens (including phenoxy) is 14. The summed E-state index contributed by atoms with van der Waals surface area (Å²) in [6.07, 6.45) is -26.4. The van der Waals surface area contributed by atoms with Gasteiger partial charge in [0, 0.05) is 0 Å². The number of carbonyl (C=O) groups excluding carboxylic acids is 10. The maximum Gasteiger partial charge on any atom is 0.339 e. The first-order valence-corrected chi connectivity index (χ1v) is 36.9. The van der Waals surface area contributed by atoms with Crippen molar-refractivity contribution < 1.29 is 124 Å². The molecule has 13 rings (SSSR count). The number of hydrogen-bond acceptors (Lipinski definition) is 27. The van der Waals surface area contributed by atoms with Gasteiger partial charge in [-0.2, -0.15) is 0 Å². The van der Waals surface area contributed by atoms with E-state index in [4.69, 9.17) is 76.0 Å². The molecule has 3 fully saturated rings. The Morgan fingerprint density at radius 2 is 0.487 bits per heavy atom. The number of carbonyl (C=O) groups is 10. The van der Waals surface area contributed by atoms with E-state index in [1.54, 1.807) is 146 Å². The van der Waals surface area contributed by atoms with Crippen LogP contribution in [-0.4, -0.2) is 177 Å². The Balaban J connectivity index is 0.950. The highest BCUT2D eigenvalue weighted by Crippen LogP contribution is 2.38. The zero-order chi connectivity index (χ0) is 81.4. The van der Waals surface area contributed by atoms with Gasteiger partial charge in [0.05, 0.1) is 75.5 Å². The Morgan fingerprint density at radius 1 is 0.265 bits per heavy atom. The Morgan fingerprint density at radius 3 is 0.769 bits per heavy atom. The Kier molecular flexibility index (Phi) is 27.7. The molecule has 0 aliphatic carbocycles. The maximum absolute atomic E-state index is 15.1. The fourth-order valence-corrected chi connectivity index (χ4v) is 12.7. The van der Waals surface area contributed by atoms with E-state index < -0.39 is 165 Å². The average molecular weight is 1590 g/mol. The van der Waals surface area contributed by atoms with Crippen molar-refractivity contribution in [2.24, 2.45) is 0 Å². The van der Waals surface area contributed by atoms with Crippen LogP contribution in [0.1, 0.15) is 104 Å². The third-order valence-corrected chi connectivity index (χ3v) is 18.4. The first kappa shape index (κ1) is 81.4. The highest BCUT2D eigenvalue weighted by molar-refractivity contribution is 5.95. The van der Waals surface area contributed by atoms with E-state index in [0.717, 1.165) is 0 Å². The zero-order valence-electron chi connectivity index (χ0n) is 62.1. The maximum atomic E-state index is 15.1. The molecule has 0 unspecified atom stereocenters. The predicted molar refractivity (Wildman–Crippen MR) is 410 cm³/mol. The fraction of sp³-hybridized carbons (Fsp3) is 0.200. The van der Waals surface area contributed by atoms with Crippen LogP contribution in [0.5, 0.6) is 0 Å². The molecule has 0 saturated carbocycles. The molecule has 14 atom stereocenters. The van der Waals surface area contributed by atoms with Crippen molar-refractivity contribution in [3.8, 4) is 0 Å². The standard InChI is InChI=1S/C90H75NO26/c1-2-53-105-91-78(116-88(101)66-51-31-12-32-52-66)75(113-85(98)63-45-25-9-26-46-63)72(110-82(95)60-39-19-6-20-40-60)69(117-91)56-104-90-77(115-87(100)65-49-29-11-30-50-65)74(112-84(97)62-43-23-8-24-44-62)71(109-81(94)59-37-17-5-18-38-59)68(107-90)55-103-89-76(114-86(99)64-47-27-10-28-48-64)73(111-83(96)61-41-21-7-22-42-61)70(108-80(93)58-35-15-4-16-36-58)67(106-89)54-102-79(92)57-33-13-3-14-34-57/h2-52,67-78,89-90H,1,53-56H2/t67-,68-,69-,70-,71-,72-,73+,74+,75+,76-,77-,78-,89-,90-/m1/s1. The number of hydrogen-bond donors (Lipinski definition) is 0. The van der Waals surface area contributed by atoms with Crippen molar-refractivity contribution in [1.29, 1.82) is 0 Å². The Bertz CT molecular complexity index is 5010. The number of hydroxylamine groups is 2. The topological polar surface area (TPSA) is 322 Å². The highest BCUT2D eigenvalue weighted by Gasteiger charge is 2.59. The lowest BCUT2D eigenvalue weighted by atomic mass is 9.96. The van der Waals surface area contributed by atoms with Gasteiger partial charge in [-0.05, 0) is 127 Å². The lowest BCUT2D eigenvalue weighted by Crippen LogP contribution is -2.66. The highest BCUT2D eigenvalue weighted by atomic mass is 17.0. The summed E-state index contributed by atoms with van der Waals surface area (Å²) in [4.78, 5) is 160. The van der Waals surface area contributed by atoms with E-state index >= 15 is 14.4 Å². The molecule has 10 aromatic carbocycles. The van der Waals surface area contributed by atoms with Crippen LogP contribution in [0.2, 0.25) is 0 Å². The van der Waals surface area contributed by atoms with Crippen LogP contribution in [0, 0.1) is 0 Å². The molecule has 0 spiro atoms. The van der Waals surface area contributed by atoms with Crippen LogP contribution in [-0.2, 0) is 76.0 Å². The number of esters is 10. The van der Waals surface area contributed by atoms with Gasteiger partial charge >= 0.3 is 59.7 Å². The van der Waals surface area contributed by atoms with Gasteiger partial charge < -0.3 is 66.3 Å². The molecule has 3 heterocycles. The molecule has 3 saturated heterocycles. The summed E-state index contributed by atoms with van der Waals surface area (Å²) in [5.74, 6) is -10.4. The lowest BCUT2D eigenvalue weighted by Gasteiger charge is -2.47. The molecule has 0 N–H and O–H groups in total. The molecule has 10 aromatic rings. The molecule has 27 heteroatoms. The molecule has 0 radical (unpaired) electrons. The van der Waals surface area contributed by atoms with E-state index in [0.29, 0.717) is 5.23 Å². The van der Waals surface area contributed by atoms with E-state index in [-0.39, 0.29) is 62.2 Å². The summed E-state index contributed by atoms with van der Waals surface area (Å²) in [5.41, 5.74) is -0.265. The molecular formula is C90H75NO26. The minimum Gasteiger partial charge on any atom is -0.459 e. The summed E-state index contributed by atoms with van der Waals surface area (Å²) < 4.78 is 90.7. The van der Waals surface area contributed by atoms with Crippen molar-refractivity contribution in [3.63, 3.8) is 0 Å². The predicted octanol–water partition coefficient (Wildman–Crippen LogP) is 12.0. The Hall–Kier alpha value is -13.6. The molecular weight excluding hydrogens is 1510 g/mol. The van der Waals surface area contributed by atoms with Crippen molar-refractivity contribution in [2.75, 3.05) is 26.4 Å². The van der Waals surface area contributed by atoms with Crippen LogP contribution in [0.4, 0.5) is 0 Å². The smallest absolute Gasteiger partial charge is 0.339 e. The minimum atomic E-state index is -2.16. The van der Waals surface area contributed by atoms with Crippen LogP contribution in [0.25, 0.3) is 0 Å². The van der Waals surface area contributed by atoms with E-state index in [1.807, 2.05) is 0 Å². The van der Waals surface area contributed by atoms with Gasteiger partial charge in [0.1, 0.15) is 24.9 Å². The van der Waals surface area contributed by atoms with Gasteiger partial charge in [-0.25, -0.2) is 47.9 Å². The van der Waals surface area contributed by atoms with E-state index in [1.165, 1.54) is 164 Å². The molecule has 27 nitrogen and oxygen atoms in total. The molecule has 0 amide bonds. The number of rotatable bonds is 30. The first-order chi connectivity index (χ1) is 57.1. The van der Waals surface area contributed by atoms with Crippen LogP contribution in [0.15, 0.2) is 316 Å². The quantitative estimate of drug-likeness (QED) is 0.0229. The van der Waals surface area contributed by atoms with Gasteiger partial charge in [0.15, 0.2) is 61.4 Å². The summed E-state index contributed by atoms with van der Waals surface area (Å²) >= 11 is 0. The van der Waals surface area contributed by atoms with Gasteiger partial charge in [-0.15, -0.1) is 6.58 Å². The average Bonchev–Trinajstić information content (AvgIpc) is 0.772. The van der Waals surface area contributed by atoms with Crippen LogP contribution in [0.3, 0.4) is 0 Å².